The summed E-state index contributed by atoms with van der Waals surface area (Å²) in [6, 6.07) is 7.84. The van der Waals surface area contributed by atoms with E-state index in [1.54, 1.807) is 0 Å². The van der Waals surface area contributed by atoms with Crippen LogP contribution in [-0.2, 0) is 0 Å². The van der Waals surface area contributed by atoms with Crippen LogP contribution >= 0.6 is 0 Å². The molecule has 0 amide bonds. The van der Waals surface area contributed by atoms with Crippen LogP contribution in [0.1, 0.15) is 17.5 Å². The Morgan fingerprint density at radius 1 is 1.24 bits per heavy atom. The van der Waals surface area contributed by atoms with Gasteiger partial charge in [-0.2, -0.15) is 0 Å². The normalized spacial score (nSPS) is 18.6. The third-order valence-electron chi connectivity index (χ3n) is 2.84. The van der Waals surface area contributed by atoms with Crippen molar-refractivity contribution in [1.29, 1.82) is 0 Å². The summed E-state index contributed by atoms with van der Waals surface area (Å²) in [4.78, 5) is 0. The molecule has 1 aliphatic heterocycles. The van der Waals surface area contributed by atoms with Crippen molar-refractivity contribution in [2.75, 3.05) is 0 Å². The van der Waals surface area contributed by atoms with Gasteiger partial charge in [-0.15, -0.1) is 12.8 Å². The van der Waals surface area contributed by atoms with E-state index in [0.29, 0.717) is 0 Å². The molecule has 0 radical (unpaired) electrons. The lowest BCUT2D eigenvalue weighted by Gasteiger charge is -2.23. The summed E-state index contributed by atoms with van der Waals surface area (Å²) in [6.45, 7) is 3.95. The number of hydrogen-bond acceptors (Lipinski definition) is 1. The minimum absolute atomic E-state index is 0.0868. The molecule has 0 bridgehead atoms. The Morgan fingerprint density at radius 3 is 2.47 bits per heavy atom. The maximum atomic E-state index is 5.41. The van der Waals surface area contributed by atoms with Crippen molar-refractivity contribution in [3.05, 3.63) is 53.7 Å². The van der Waals surface area contributed by atoms with Crippen LogP contribution in [0.5, 0.6) is 0 Å². The van der Waals surface area contributed by atoms with Gasteiger partial charge < -0.3 is 5.32 Å². The van der Waals surface area contributed by atoms with Gasteiger partial charge in [0.25, 0.3) is 0 Å². The number of rotatable bonds is 1. The van der Waals surface area contributed by atoms with Crippen molar-refractivity contribution in [2.45, 2.75) is 6.42 Å². The second-order valence-corrected chi connectivity index (χ2v) is 3.94. The molecular formula is C16H13N. The fourth-order valence-corrected chi connectivity index (χ4v) is 1.79. The first kappa shape index (κ1) is 11.1. The number of terminal acetylenes is 2. The van der Waals surface area contributed by atoms with E-state index in [2.05, 4.69) is 29.8 Å². The SMILES string of the molecule is C#Cc1ccc(C2=CCC(C#C)C(=C)N2)cc1. The average Bonchev–Trinajstić information content (AvgIpc) is 2.39. The van der Waals surface area contributed by atoms with Gasteiger partial charge in [0.2, 0.25) is 0 Å². The van der Waals surface area contributed by atoms with Crippen LogP contribution in [0.3, 0.4) is 0 Å². The highest BCUT2D eigenvalue weighted by molar-refractivity contribution is 5.67. The van der Waals surface area contributed by atoms with Gasteiger partial charge in [-0.1, -0.05) is 36.6 Å². The summed E-state index contributed by atoms with van der Waals surface area (Å²) in [5.41, 5.74) is 3.90. The van der Waals surface area contributed by atoms with E-state index in [0.717, 1.165) is 28.9 Å². The number of benzene rings is 1. The van der Waals surface area contributed by atoms with Gasteiger partial charge in [0, 0.05) is 17.0 Å². The summed E-state index contributed by atoms with van der Waals surface area (Å²) >= 11 is 0. The van der Waals surface area contributed by atoms with Crippen LogP contribution in [0.2, 0.25) is 0 Å². The van der Waals surface area contributed by atoms with Crippen molar-refractivity contribution in [1.82, 2.24) is 5.32 Å². The first-order chi connectivity index (χ1) is 8.24. The molecule has 1 N–H and O–H groups in total. The Morgan fingerprint density at radius 2 is 1.94 bits per heavy atom. The number of allylic oxidation sites excluding steroid dienone is 2. The minimum Gasteiger partial charge on any atom is -0.358 e. The van der Waals surface area contributed by atoms with E-state index in [1.807, 2.05) is 24.3 Å². The highest BCUT2D eigenvalue weighted by Crippen LogP contribution is 2.24. The molecule has 1 aromatic rings. The highest BCUT2D eigenvalue weighted by Gasteiger charge is 2.15. The van der Waals surface area contributed by atoms with Gasteiger partial charge in [0.15, 0.2) is 0 Å². The van der Waals surface area contributed by atoms with E-state index in [4.69, 9.17) is 12.8 Å². The molecular weight excluding hydrogens is 206 g/mol. The highest BCUT2D eigenvalue weighted by atomic mass is 14.9. The van der Waals surface area contributed by atoms with Gasteiger partial charge in [-0.3, -0.25) is 0 Å². The molecule has 2 rings (SSSR count). The van der Waals surface area contributed by atoms with E-state index < -0.39 is 0 Å². The Balaban J connectivity index is 2.25. The fourth-order valence-electron chi connectivity index (χ4n) is 1.79. The minimum atomic E-state index is 0.0868. The average molecular weight is 219 g/mol. The Hall–Kier alpha value is -2.38. The molecule has 82 valence electrons. The van der Waals surface area contributed by atoms with E-state index in [9.17, 15) is 0 Å². The van der Waals surface area contributed by atoms with E-state index >= 15 is 0 Å². The first-order valence-corrected chi connectivity index (χ1v) is 5.43. The summed E-state index contributed by atoms with van der Waals surface area (Å²) in [5.74, 6) is 5.40. The van der Waals surface area contributed by atoms with Gasteiger partial charge >= 0.3 is 0 Å². The van der Waals surface area contributed by atoms with E-state index in [1.165, 1.54) is 0 Å². The lowest BCUT2D eigenvalue weighted by atomic mass is 9.96. The molecule has 0 fully saturated rings. The summed E-state index contributed by atoms with van der Waals surface area (Å²) in [6.07, 6.45) is 13.7. The van der Waals surface area contributed by atoms with Crippen molar-refractivity contribution in [3.63, 3.8) is 0 Å². The van der Waals surface area contributed by atoms with E-state index in [-0.39, 0.29) is 5.92 Å². The second kappa shape index (κ2) is 4.64. The summed E-state index contributed by atoms with van der Waals surface area (Å²) in [5, 5.41) is 3.24. The van der Waals surface area contributed by atoms with Crippen molar-refractivity contribution >= 4 is 5.70 Å². The summed E-state index contributed by atoms with van der Waals surface area (Å²) in [7, 11) is 0. The quantitative estimate of drug-likeness (QED) is 0.716. The maximum absolute atomic E-state index is 5.41. The molecule has 1 unspecified atom stereocenters. The predicted molar refractivity (Wildman–Crippen MR) is 71.6 cm³/mol. The van der Waals surface area contributed by atoms with Crippen LogP contribution in [0, 0.1) is 30.6 Å². The second-order valence-electron chi connectivity index (χ2n) is 3.94. The molecule has 0 spiro atoms. The monoisotopic (exact) mass is 219 g/mol. The molecule has 1 atom stereocenters. The van der Waals surface area contributed by atoms with Crippen molar-refractivity contribution in [3.8, 4) is 24.7 Å². The van der Waals surface area contributed by atoms with Crippen LogP contribution in [0.15, 0.2) is 42.6 Å². The maximum Gasteiger partial charge on any atom is 0.0629 e. The molecule has 1 nitrogen and oxygen atoms in total. The molecule has 1 heteroatoms. The zero-order chi connectivity index (χ0) is 12.3. The Bertz CT molecular complexity index is 547. The fraction of sp³-hybridized carbons (Fsp3) is 0.125. The molecule has 0 saturated heterocycles. The van der Waals surface area contributed by atoms with Crippen molar-refractivity contribution < 1.29 is 0 Å². The topological polar surface area (TPSA) is 12.0 Å². The van der Waals surface area contributed by atoms with Crippen LogP contribution in [-0.4, -0.2) is 0 Å². The van der Waals surface area contributed by atoms with Crippen molar-refractivity contribution in [2.24, 2.45) is 5.92 Å². The molecule has 0 aromatic heterocycles. The summed E-state index contributed by atoms with van der Waals surface area (Å²) < 4.78 is 0. The van der Waals surface area contributed by atoms with Crippen LogP contribution in [0.25, 0.3) is 5.70 Å². The predicted octanol–water partition coefficient (Wildman–Crippen LogP) is 2.77. The van der Waals surface area contributed by atoms with Gasteiger partial charge in [0.05, 0.1) is 5.92 Å². The van der Waals surface area contributed by atoms with Gasteiger partial charge in [-0.25, -0.2) is 0 Å². The molecule has 1 aliphatic rings. The molecule has 1 heterocycles. The molecule has 0 aliphatic carbocycles. The number of hydrogen-bond donors (Lipinski definition) is 1. The Labute approximate surface area is 102 Å². The zero-order valence-electron chi connectivity index (χ0n) is 9.53. The lowest BCUT2D eigenvalue weighted by Crippen LogP contribution is -2.21. The lowest BCUT2D eigenvalue weighted by molar-refractivity contribution is 0.729. The van der Waals surface area contributed by atoms with Gasteiger partial charge in [0.1, 0.15) is 0 Å². The largest absolute Gasteiger partial charge is 0.358 e. The standard InChI is InChI=1S/C16H13N/c1-4-13-6-8-15(9-7-13)16-11-10-14(5-2)12(3)17-16/h1-2,6-9,11,14,17H,3,10H2. The molecule has 0 saturated carbocycles. The van der Waals surface area contributed by atoms with Crippen LogP contribution < -0.4 is 5.32 Å². The van der Waals surface area contributed by atoms with Gasteiger partial charge in [-0.05, 0) is 24.1 Å². The third kappa shape index (κ3) is 2.25. The molecule has 17 heavy (non-hydrogen) atoms. The molecule has 1 aromatic carbocycles. The number of nitrogens with one attached hydrogen (secondary N) is 1. The first-order valence-electron chi connectivity index (χ1n) is 5.43. The third-order valence-corrected chi connectivity index (χ3v) is 2.84. The Kier molecular flexibility index (Phi) is 3.03. The zero-order valence-corrected chi connectivity index (χ0v) is 9.53. The van der Waals surface area contributed by atoms with Crippen LogP contribution in [0.4, 0.5) is 0 Å². The smallest absolute Gasteiger partial charge is 0.0629 e.